The summed E-state index contributed by atoms with van der Waals surface area (Å²) in [5.41, 5.74) is 2.30. The first-order chi connectivity index (χ1) is 20.6. The first-order valence-electron chi connectivity index (χ1n) is 13.4. The van der Waals surface area contributed by atoms with Gasteiger partial charge in [0.25, 0.3) is 0 Å². The van der Waals surface area contributed by atoms with Gasteiger partial charge in [0.2, 0.25) is 4.21 Å². The fraction of sp³-hybridized carbons (Fsp3) is 0. The third kappa shape index (κ3) is 4.30. The summed E-state index contributed by atoms with van der Waals surface area (Å²) >= 11 is 5.05. The van der Waals surface area contributed by atoms with E-state index in [1.807, 2.05) is 60.7 Å². The zero-order chi connectivity index (χ0) is 28.2. The molecule has 0 N–H and O–H groups in total. The highest BCUT2D eigenvalue weighted by Gasteiger charge is 2.31. The smallest absolute Gasteiger partial charge is 0.220 e. The van der Waals surface area contributed by atoms with E-state index in [2.05, 4.69) is 66.0 Å². The molecule has 200 valence electrons. The second kappa shape index (κ2) is 10.3. The van der Waals surface area contributed by atoms with Gasteiger partial charge in [-0.3, -0.25) is 9.59 Å². The lowest BCUT2D eigenvalue weighted by Gasteiger charge is -2.07. The van der Waals surface area contributed by atoms with Gasteiger partial charge >= 0.3 is 0 Å². The van der Waals surface area contributed by atoms with Crippen molar-refractivity contribution >= 4 is 85.2 Å². The molecule has 42 heavy (non-hydrogen) atoms. The molecule has 1 unspecified atom stereocenters. The van der Waals surface area contributed by atoms with Crippen LogP contribution >= 0.6 is 34.0 Å². The molecule has 0 bridgehead atoms. The number of thiophene rings is 1. The molecule has 1 atom stereocenters. The zero-order valence-corrected chi connectivity index (χ0v) is 25.3. The predicted molar refractivity (Wildman–Crippen MR) is 183 cm³/mol. The van der Waals surface area contributed by atoms with Crippen molar-refractivity contribution in [2.45, 2.75) is 14.0 Å². The Balaban J connectivity index is 1.27. The summed E-state index contributed by atoms with van der Waals surface area (Å²) in [5, 5.41) is 5.26. The van der Waals surface area contributed by atoms with Gasteiger partial charge in [-0.15, -0.1) is 22.7 Å². The Morgan fingerprint density at radius 1 is 0.452 bits per heavy atom. The molecule has 0 spiro atoms. The third-order valence-electron chi connectivity index (χ3n) is 7.45. The van der Waals surface area contributed by atoms with Crippen molar-refractivity contribution in [3.63, 3.8) is 0 Å². The Kier molecular flexibility index (Phi) is 6.30. The number of benzene rings is 5. The molecule has 3 heterocycles. The minimum absolute atomic E-state index is 0.0823. The van der Waals surface area contributed by atoms with E-state index >= 15 is 0 Å². The summed E-state index contributed by atoms with van der Waals surface area (Å²) in [6, 6.07) is 41.0. The first kappa shape index (κ1) is 25.6. The van der Waals surface area contributed by atoms with Crippen LogP contribution in [0.5, 0.6) is 0 Å². The molecule has 3 aromatic heterocycles. The van der Waals surface area contributed by atoms with Crippen LogP contribution in [0.25, 0.3) is 51.5 Å². The van der Waals surface area contributed by atoms with Gasteiger partial charge in [-0.2, -0.15) is 0 Å². The average molecular weight is 614 g/mol. The van der Waals surface area contributed by atoms with Gasteiger partial charge in [-0.1, -0.05) is 59.9 Å². The maximum absolute atomic E-state index is 13.5. The van der Waals surface area contributed by atoms with E-state index in [1.54, 1.807) is 34.0 Å². The van der Waals surface area contributed by atoms with E-state index in [0.29, 0.717) is 0 Å². The standard InChI is InChI=1S/C36H21O2S4/c37-35-26-10-4-6-12-30(26)40-32-16-14-22(18-28(32)35)23-19-34(39-21-23)42(24-8-2-1-3-9-24)25-15-17-33-29(20-25)36(38)27-11-5-7-13-31(27)41-33/h1-21H/q+1. The molecule has 0 aliphatic carbocycles. The third-order valence-corrected chi connectivity index (χ3v) is 13.3. The normalized spacial score (nSPS) is 12.4. The summed E-state index contributed by atoms with van der Waals surface area (Å²) in [4.78, 5) is 29.2. The van der Waals surface area contributed by atoms with Crippen molar-refractivity contribution in [3.8, 4) is 11.1 Å². The van der Waals surface area contributed by atoms with Crippen LogP contribution in [-0.2, 0) is 10.9 Å². The summed E-state index contributed by atoms with van der Waals surface area (Å²) in [6.07, 6.45) is 0. The van der Waals surface area contributed by atoms with Crippen molar-refractivity contribution in [1.29, 1.82) is 0 Å². The minimum Gasteiger partial charge on any atom is -0.289 e. The molecule has 0 aliphatic heterocycles. The largest absolute Gasteiger partial charge is 0.289 e. The molecule has 8 aromatic rings. The molecule has 8 rings (SSSR count). The van der Waals surface area contributed by atoms with Gasteiger partial charge in [0.1, 0.15) is 10.9 Å². The van der Waals surface area contributed by atoms with Crippen LogP contribution in [0.4, 0.5) is 0 Å². The fourth-order valence-electron chi connectivity index (χ4n) is 5.39. The summed E-state index contributed by atoms with van der Waals surface area (Å²) in [7, 11) is -0.391. The first-order valence-corrected chi connectivity index (χ1v) is 17.2. The SMILES string of the molecule is O=c1c2ccccc2sc2ccc(-c3csc([S+](c4ccccc4)c4ccc5sc6ccccc6c(=O)c5c4)c3)cc12. The van der Waals surface area contributed by atoms with E-state index < -0.39 is 10.9 Å². The Morgan fingerprint density at radius 3 is 1.71 bits per heavy atom. The van der Waals surface area contributed by atoms with E-state index in [0.717, 1.165) is 56.4 Å². The molecule has 0 amide bonds. The van der Waals surface area contributed by atoms with Crippen molar-refractivity contribution in [2.24, 2.45) is 0 Å². The molecule has 0 saturated carbocycles. The van der Waals surface area contributed by atoms with Crippen LogP contribution in [0.2, 0.25) is 0 Å². The highest BCUT2D eigenvalue weighted by Crippen LogP contribution is 2.39. The average Bonchev–Trinajstić information content (AvgIpc) is 3.52. The predicted octanol–water partition coefficient (Wildman–Crippen LogP) is 9.97. The second-order valence-corrected chi connectivity index (χ2v) is 15.3. The van der Waals surface area contributed by atoms with Gasteiger partial charge in [-0.25, -0.2) is 0 Å². The van der Waals surface area contributed by atoms with E-state index in [4.69, 9.17) is 0 Å². The topological polar surface area (TPSA) is 34.1 Å². The van der Waals surface area contributed by atoms with Crippen LogP contribution in [0.1, 0.15) is 0 Å². The number of rotatable bonds is 4. The number of hydrogen-bond acceptors (Lipinski definition) is 5. The van der Waals surface area contributed by atoms with Crippen LogP contribution in [0.3, 0.4) is 0 Å². The van der Waals surface area contributed by atoms with Gasteiger partial charge in [0.05, 0.1) is 0 Å². The molecule has 0 saturated heterocycles. The lowest BCUT2D eigenvalue weighted by atomic mass is 10.1. The molecule has 5 aromatic carbocycles. The summed E-state index contributed by atoms with van der Waals surface area (Å²) in [6.45, 7) is 0. The summed E-state index contributed by atoms with van der Waals surface area (Å²) < 4.78 is 5.25. The van der Waals surface area contributed by atoms with Gasteiger partial charge in [0.15, 0.2) is 20.6 Å². The van der Waals surface area contributed by atoms with E-state index in [9.17, 15) is 9.59 Å². The van der Waals surface area contributed by atoms with Crippen LogP contribution < -0.4 is 10.9 Å². The number of fused-ring (bicyclic) bond motifs is 4. The van der Waals surface area contributed by atoms with Crippen LogP contribution in [0.15, 0.2) is 150 Å². The Bertz CT molecular complexity index is 2420. The molecule has 0 fully saturated rings. The van der Waals surface area contributed by atoms with Gasteiger partial charge in [0, 0.05) is 57.9 Å². The van der Waals surface area contributed by atoms with Crippen molar-refractivity contribution in [2.75, 3.05) is 0 Å². The van der Waals surface area contributed by atoms with Gasteiger partial charge in [-0.05, 0) is 71.8 Å². The maximum atomic E-state index is 13.5. The lowest BCUT2D eigenvalue weighted by Crippen LogP contribution is -2.06. The molecule has 0 aliphatic rings. The molecule has 6 heteroatoms. The van der Waals surface area contributed by atoms with Gasteiger partial charge < -0.3 is 0 Å². The quantitative estimate of drug-likeness (QED) is 0.146. The zero-order valence-electron chi connectivity index (χ0n) is 22.1. The van der Waals surface area contributed by atoms with E-state index in [1.165, 1.54) is 9.10 Å². The summed E-state index contributed by atoms with van der Waals surface area (Å²) in [5.74, 6) is 0. The monoisotopic (exact) mass is 613 g/mol. The molecular weight excluding hydrogens is 593 g/mol. The van der Waals surface area contributed by atoms with E-state index in [-0.39, 0.29) is 10.9 Å². The Labute approximate surface area is 256 Å². The van der Waals surface area contributed by atoms with Crippen molar-refractivity contribution in [3.05, 3.63) is 147 Å². The maximum Gasteiger partial charge on any atom is 0.220 e. The highest BCUT2D eigenvalue weighted by molar-refractivity contribution is 7.98. The fourth-order valence-corrected chi connectivity index (χ4v) is 11.1. The molecule has 0 radical (unpaired) electrons. The van der Waals surface area contributed by atoms with Crippen LogP contribution in [-0.4, -0.2) is 0 Å². The second-order valence-electron chi connectivity index (χ2n) is 10.00. The van der Waals surface area contributed by atoms with Crippen molar-refractivity contribution in [1.82, 2.24) is 0 Å². The highest BCUT2D eigenvalue weighted by atomic mass is 32.2. The minimum atomic E-state index is -0.391. The number of hydrogen-bond donors (Lipinski definition) is 0. The lowest BCUT2D eigenvalue weighted by molar-refractivity contribution is 1.37. The van der Waals surface area contributed by atoms with Crippen LogP contribution in [0, 0.1) is 0 Å². The Morgan fingerprint density at radius 2 is 1.02 bits per heavy atom. The van der Waals surface area contributed by atoms with Crippen molar-refractivity contribution < 1.29 is 0 Å². The molecular formula is C36H21O2S4+. The Hall–Kier alpha value is -4.07. The molecule has 2 nitrogen and oxygen atoms in total.